The normalized spacial score (nSPS) is 37.0. The van der Waals surface area contributed by atoms with E-state index in [0.29, 0.717) is 17.0 Å². The first-order valence-electron chi connectivity index (χ1n) is 6.85. The average molecular weight is 343 g/mol. The van der Waals surface area contributed by atoms with Crippen molar-refractivity contribution in [1.29, 1.82) is 0 Å². The van der Waals surface area contributed by atoms with Gasteiger partial charge >= 0.3 is 7.82 Å². The molecule has 2 aromatic rings. The SMILES string of the molecule is CNc1ncnc2c1ncn2[C@@H]1O[C@@H]2COP(=O)(O)O[C@H]2[C@H]1O. The number of rotatable bonds is 2. The van der Waals surface area contributed by atoms with Gasteiger partial charge in [-0.1, -0.05) is 0 Å². The molecule has 0 radical (unpaired) electrons. The van der Waals surface area contributed by atoms with Crippen LogP contribution in [0.25, 0.3) is 11.2 Å². The van der Waals surface area contributed by atoms with E-state index < -0.39 is 32.4 Å². The molecule has 0 aromatic carbocycles. The molecule has 2 aliphatic heterocycles. The van der Waals surface area contributed by atoms with Crippen LogP contribution in [0.2, 0.25) is 0 Å². The molecule has 0 saturated carbocycles. The highest BCUT2D eigenvalue weighted by Gasteiger charge is 2.52. The summed E-state index contributed by atoms with van der Waals surface area (Å²) in [6.45, 7) is -0.143. The molecule has 1 unspecified atom stereocenters. The Hall–Kier alpha value is -1.62. The van der Waals surface area contributed by atoms with Gasteiger partial charge in [-0.3, -0.25) is 13.6 Å². The van der Waals surface area contributed by atoms with Crippen LogP contribution in [0.15, 0.2) is 12.7 Å². The molecule has 11 nitrogen and oxygen atoms in total. The van der Waals surface area contributed by atoms with E-state index >= 15 is 0 Å². The molecule has 12 heteroatoms. The first kappa shape index (κ1) is 14.9. The molecule has 0 aliphatic carbocycles. The highest BCUT2D eigenvalue weighted by Crippen LogP contribution is 2.52. The largest absolute Gasteiger partial charge is 0.472 e. The first-order chi connectivity index (χ1) is 11.0. The molecule has 2 aliphatic rings. The molecule has 3 N–H and O–H groups in total. The van der Waals surface area contributed by atoms with E-state index in [0.717, 1.165) is 0 Å². The Balaban J connectivity index is 1.71. The highest BCUT2D eigenvalue weighted by atomic mass is 31.2. The smallest absolute Gasteiger partial charge is 0.386 e. The van der Waals surface area contributed by atoms with Crippen molar-refractivity contribution in [3.05, 3.63) is 12.7 Å². The van der Waals surface area contributed by atoms with E-state index in [-0.39, 0.29) is 6.61 Å². The zero-order chi connectivity index (χ0) is 16.2. The van der Waals surface area contributed by atoms with Gasteiger partial charge in [-0.05, 0) is 0 Å². The van der Waals surface area contributed by atoms with Gasteiger partial charge < -0.3 is 20.1 Å². The summed E-state index contributed by atoms with van der Waals surface area (Å²) in [5.41, 5.74) is 0.978. The number of nitrogens with zero attached hydrogens (tertiary/aromatic N) is 4. The number of hydrogen-bond donors (Lipinski definition) is 3. The molecule has 0 spiro atoms. The van der Waals surface area contributed by atoms with Gasteiger partial charge in [0.2, 0.25) is 0 Å². The van der Waals surface area contributed by atoms with Gasteiger partial charge in [-0.2, -0.15) is 0 Å². The van der Waals surface area contributed by atoms with Crippen LogP contribution in [-0.2, 0) is 18.3 Å². The van der Waals surface area contributed by atoms with Crippen LogP contribution in [0.4, 0.5) is 5.82 Å². The Kier molecular flexibility index (Phi) is 3.38. The lowest BCUT2D eigenvalue weighted by Crippen LogP contribution is -2.39. The standard InChI is InChI=1S/C11H14N5O6P/c1-12-9-6-10(14-3-13-9)16(4-15-6)11-7(17)8-5(21-11)2-20-23(18,19)22-8/h3-5,7-8,11,17H,2H2,1H3,(H,18,19)(H,12,13,14)/t5-,7-,8-,11-/m1/s1. The second-order valence-corrected chi connectivity index (χ2v) is 6.59. The van der Waals surface area contributed by atoms with Crippen molar-refractivity contribution in [2.24, 2.45) is 0 Å². The summed E-state index contributed by atoms with van der Waals surface area (Å²) >= 11 is 0. The van der Waals surface area contributed by atoms with Gasteiger partial charge in [-0.25, -0.2) is 19.5 Å². The second-order valence-electron chi connectivity index (χ2n) is 5.19. The minimum Gasteiger partial charge on any atom is -0.386 e. The number of fused-ring (bicyclic) bond motifs is 2. The van der Waals surface area contributed by atoms with Crippen LogP contribution in [0.5, 0.6) is 0 Å². The van der Waals surface area contributed by atoms with E-state index in [4.69, 9.17) is 13.8 Å². The van der Waals surface area contributed by atoms with Crippen molar-refractivity contribution in [1.82, 2.24) is 19.5 Å². The maximum Gasteiger partial charge on any atom is 0.472 e. The van der Waals surface area contributed by atoms with Crippen molar-refractivity contribution in [3.63, 3.8) is 0 Å². The lowest BCUT2D eigenvalue weighted by Gasteiger charge is -2.27. The predicted octanol–water partition coefficient (Wildman–Crippen LogP) is -0.358. The third-order valence-electron chi connectivity index (χ3n) is 3.84. The van der Waals surface area contributed by atoms with Crippen molar-refractivity contribution in [2.45, 2.75) is 24.5 Å². The topological polar surface area (TPSA) is 141 Å². The van der Waals surface area contributed by atoms with Crippen LogP contribution < -0.4 is 5.32 Å². The zero-order valence-corrected chi connectivity index (χ0v) is 12.8. The number of ether oxygens (including phenoxy) is 1. The van der Waals surface area contributed by atoms with E-state index in [1.807, 2.05) is 0 Å². The molecule has 2 saturated heterocycles. The second kappa shape index (κ2) is 5.20. The Morgan fingerprint density at radius 3 is 3.04 bits per heavy atom. The van der Waals surface area contributed by atoms with Crippen LogP contribution in [0.3, 0.4) is 0 Å². The number of imidazole rings is 1. The lowest BCUT2D eigenvalue weighted by atomic mass is 10.1. The number of aliphatic hydroxyl groups is 1. The van der Waals surface area contributed by atoms with Gasteiger partial charge in [0, 0.05) is 7.05 Å². The summed E-state index contributed by atoms with van der Waals surface area (Å²) in [4.78, 5) is 21.8. The van der Waals surface area contributed by atoms with Gasteiger partial charge in [0.15, 0.2) is 17.7 Å². The number of phosphoric ester groups is 1. The van der Waals surface area contributed by atoms with Gasteiger partial charge in [0.05, 0.1) is 12.9 Å². The summed E-state index contributed by atoms with van der Waals surface area (Å²) in [5.74, 6) is 0.540. The van der Waals surface area contributed by atoms with E-state index in [1.54, 1.807) is 7.05 Å². The van der Waals surface area contributed by atoms with Crippen LogP contribution in [0, 0.1) is 0 Å². The number of anilines is 1. The Bertz CT molecular complexity index is 798. The summed E-state index contributed by atoms with van der Waals surface area (Å²) in [7, 11) is -2.45. The van der Waals surface area contributed by atoms with E-state index in [2.05, 4.69) is 20.3 Å². The Morgan fingerprint density at radius 1 is 1.43 bits per heavy atom. The van der Waals surface area contributed by atoms with Crippen molar-refractivity contribution in [2.75, 3.05) is 19.0 Å². The number of hydrogen-bond acceptors (Lipinski definition) is 9. The van der Waals surface area contributed by atoms with Gasteiger partial charge in [0.25, 0.3) is 0 Å². The fourth-order valence-electron chi connectivity index (χ4n) is 2.79. The summed E-state index contributed by atoms with van der Waals surface area (Å²) in [5, 5.41) is 13.3. The minimum atomic E-state index is -4.16. The zero-order valence-electron chi connectivity index (χ0n) is 11.9. The first-order valence-corrected chi connectivity index (χ1v) is 8.34. The number of aromatic nitrogens is 4. The van der Waals surface area contributed by atoms with Gasteiger partial charge in [-0.15, -0.1) is 0 Å². The van der Waals surface area contributed by atoms with Crippen LogP contribution in [-0.4, -0.2) is 61.5 Å². The van der Waals surface area contributed by atoms with Crippen molar-refractivity contribution in [3.8, 4) is 0 Å². The van der Waals surface area contributed by atoms with Crippen LogP contribution in [0.1, 0.15) is 6.23 Å². The van der Waals surface area contributed by atoms with Gasteiger partial charge in [0.1, 0.15) is 30.2 Å². The summed E-state index contributed by atoms with van der Waals surface area (Å²) in [6, 6.07) is 0. The van der Waals surface area contributed by atoms with E-state index in [9.17, 15) is 14.6 Å². The molecule has 23 heavy (non-hydrogen) atoms. The molecule has 2 aromatic heterocycles. The molecule has 5 atom stereocenters. The van der Waals surface area contributed by atoms with Crippen LogP contribution >= 0.6 is 7.82 Å². The molecule has 0 bridgehead atoms. The average Bonchev–Trinajstić information content (AvgIpc) is 3.08. The predicted molar refractivity (Wildman–Crippen MR) is 75.4 cm³/mol. The monoisotopic (exact) mass is 343 g/mol. The molecular formula is C11H14N5O6P. The third kappa shape index (κ3) is 2.33. The minimum absolute atomic E-state index is 0.143. The van der Waals surface area contributed by atoms with Crippen molar-refractivity contribution >= 4 is 24.8 Å². The quantitative estimate of drug-likeness (QED) is 0.619. The Morgan fingerprint density at radius 2 is 2.26 bits per heavy atom. The maximum atomic E-state index is 11.5. The molecule has 0 amide bonds. The number of nitrogens with one attached hydrogen (secondary N) is 1. The lowest BCUT2D eigenvalue weighted by molar-refractivity contribution is -0.0664. The van der Waals surface area contributed by atoms with Crippen molar-refractivity contribution < 1.29 is 28.3 Å². The maximum absolute atomic E-state index is 11.5. The molecule has 4 heterocycles. The highest BCUT2D eigenvalue weighted by molar-refractivity contribution is 7.47. The fourth-order valence-corrected chi connectivity index (χ4v) is 3.75. The third-order valence-corrected chi connectivity index (χ3v) is 4.82. The number of aliphatic hydroxyl groups excluding tert-OH is 1. The molecule has 124 valence electrons. The Labute approximate surface area is 129 Å². The molecular weight excluding hydrogens is 329 g/mol. The fraction of sp³-hybridized carbons (Fsp3) is 0.545. The molecule has 4 rings (SSSR count). The summed E-state index contributed by atoms with van der Waals surface area (Å²) < 4.78 is 28.4. The number of phosphoric acid groups is 1. The summed E-state index contributed by atoms with van der Waals surface area (Å²) in [6.07, 6.45) is -0.835. The van der Waals surface area contributed by atoms with E-state index in [1.165, 1.54) is 17.2 Å². The molecule has 2 fully saturated rings.